The van der Waals surface area contributed by atoms with Crippen LogP contribution in [0.3, 0.4) is 0 Å². The molecule has 0 unspecified atom stereocenters. The van der Waals surface area contributed by atoms with Crippen LogP contribution in [0.15, 0.2) is 12.2 Å². The molecule has 0 radical (unpaired) electrons. The minimum atomic E-state index is -0.364. The number of aliphatic hydroxyl groups is 2. The number of rotatable bonds is 3. The molecule has 1 heterocycles. The Bertz CT molecular complexity index is 187. The lowest BCUT2D eigenvalue weighted by molar-refractivity contribution is -0.0888. The molecule has 0 saturated carbocycles. The second-order valence-electron chi connectivity index (χ2n) is 4.03. The Kier molecular flexibility index (Phi) is 4.58. The van der Waals surface area contributed by atoms with Gasteiger partial charge in [0.25, 0.3) is 0 Å². The minimum absolute atomic E-state index is 0.00694. The first-order chi connectivity index (χ1) is 6.61. The Labute approximate surface area is 85.4 Å². The monoisotopic (exact) mass is 200 g/mol. The highest BCUT2D eigenvalue weighted by atomic mass is 16.5. The van der Waals surface area contributed by atoms with E-state index < -0.39 is 0 Å². The van der Waals surface area contributed by atoms with Crippen molar-refractivity contribution in [2.45, 2.75) is 57.5 Å². The highest BCUT2D eigenvalue weighted by molar-refractivity contribution is 4.92. The van der Waals surface area contributed by atoms with Crippen LogP contribution in [0, 0.1) is 0 Å². The average molecular weight is 200 g/mol. The summed E-state index contributed by atoms with van der Waals surface area (Å²) < 4.78 is 5.70. The minimum Gasteiger partial charge on any atom is -0.393 e. The molecule has 4 atom stereocenters. The zero-order valence-electron chi connectivity index (χ0n) is 8.89. The third-order valence-corrected chi connectivity index (χ3v) is 2.42. The molecule has 0 bridgehead atoms. The van der Waals surface area contributed by atoms with Gasteiger partial charge in [-0.05, 0) is 26.7 Å². The van der Waals surface area contributed by atoms with Crippen molar-refractivity contribution < 1.29 is 14.9 Å². The van der Waals surface area contributed by atoms with E-state index in [0.717, 1.165) is 0 Å². The summed E-state index contributed by atoms with van der Waals surface area (Å²) in [4.78, 5) is 0. The fraction of sp³-hybridized carbons (Fsp3) is 0.818. The topological polar surface area (TPSA) is 49.7 Å². The van der Waals surface area contributed by atoms with Gasteiger partial charge in [0.1, 0.15) is 0 Å². The largest absolute Gasteiger partial charge is 0.393 e. The third-order valence-electron chi connectivity index (χ3n) is 2.42. The molecular formula is C11H20O3. The maximum atomic E-state index is 9.59. The lowest BCUT2D eigenvalue weighted by Crippen LogP contribution is -2.36. The molecule has 0 aromatic carbocycles. The quantitative estimate of drug-likeness (QED) is 0.674. The van der Waals surface area contributed by atoms with E-state index in [4.69, 9.17) is 4.74 Å². The van der Waals surface area contributed by atoms with Gasteiger partial charge in [-0.25, -0.2) is 0 Å². The van der Waals surface area contributed by atoms with Crippen molar-refractivity contribution in [2.75, 3.05) is 0 Å². The van der Waals surface area contributed by atoms with Gasteiger partial charge < -0.3 is 14.9 Å². The summed E-state index contributed by atoms with van der Waals surface area (Å²) in [6.45, 7) is 3.68. The molecule has 1 aliphatic rings. The van der Waals surface area contributed by atoms with Crippen LogP contribution in [-0.4, -0.2) is 34.6 Å². The molecule has 14 heavy (non-hydrogen) atoms. The molecule has 0 spiro atoms. The maximum Gasteiger partial charge on any atom is 0.0784 e. The molecule has 82 valence electrons. The summed E-state index contributed by atoms with van der Waals surface area (Å²) in [5.74, 6) is 0. The van der Waals surface area contributed by atoms with Gasteiger partial charge >= 0.3 is 0 Å². The number of hydrogen-bond donors (Lipinski definition) is 2. The zero-order valence-corrected chi connectivity index (χ0v) is 8.89. The van der Waals surface area contributed by atoms with Crippen LogP contribution < -0.4 is 0 Å². The molecule has 0 amide bonds. The maximum absolute atomic E-state index is 9.59. The van der Waals surface area contributed by atoms with Gasteiger partial charge in [0.2, 0.25) is 0 Å². The second-order valence-corrected chi connectivity index (χ2v) is 4.03. The molecule has 2 N–H and O–H groups in total. The first kappa shape index (κ1) is 11.7. The summed E-state index contributed by atoms with van der Waals surface area (Å²) in [6, 6.07) is 0. The fourth-order valence-corrected chi connectivity index (χ4v) is 1.90. The van der Waals surface area contributed by atoms with E-state index in [0.29, 0.717) is 19.3 Å². The van der Waals surface area contributed by atoms with E-state index in [1.54, 1.807) is 6.92 Å². The SMILES string of the molecule is C/C=C/[C@H]1C[C@@H](O)C[C@@H](C[C@H](C)O)O1. The van der Waals surface area contributed by atoms with Gasteiger partial charge in [0.05, 0.1) is 24.4 Å². The zero-order chi connectivity index (χ0) is 10.6. The lowest BCUT2D eigenvalue weighted by atomic mass is 9.97. The molecule has 0 aromatic heterocycles. The van der Waals surface area contributed by atoms with Gasteiger partial charge in [-0.1, -0.05) is 12.2 Å². The van der Waals surface area contributed by atoms with Crippen molar-refractivity contribution in [1.82, 2.24) is 0 Å². The van der Waals surface area contributed by atoms with E-state index in [9.17, 15) is 10.2 Å². The average Bonchev–Trinajstić information content (AvgIpc) is 2.01. The smallest absolute Gasteiger partial charge is 0.0784 e. The van der Waals surface area contributed by atoms with Crippen molar-refractivity contribution in [1.29, 1.82) is 0 Å². The van der Waals surface area contributed by atoms with Crippen molar-refractivity contribution >= 4 is 0 Å². The summed E-state index contributed by atoms with van der Waals surface area (Å²) in [5.41, 5.74) is 0. The second kappa shape index (κ2) is 5.49. The number of allylic oxidation sites excluding steroid dienone is 1. The third kappa shape index (κ3) is 3.78. The van der Waals surface area contributed by atoms with Gasteiger partial charge in [-0.3, -0.25) is 0 Å². The van der Waals surface area contributed by atoms with Crippen LogP contribution >= 0.6 is 0 Å². The van der Waals surface area contributed by atoms with Crippen LogP contribution in [0.5, 0.6) is 0 Å². The van der Waals surface area contributed by atoms with Crippen LogP contribution in [-0.2, 0) is 4.74 Å². The van der Waals surface area contributed by atoms with Gasteiger partial charge in [0, 0.05) is 6.42 Å². The van der Waals surface area contributed by atoms with Gasteiger partial charge in [-0.15, -0.1) is 0 Å². The summed E-state index contributed by atoms with van der Waals surface area (Å²) >= 11 is 0. The highest BCUT2D eigenvalue weighted by Gasteiger charge is 2.27. The molecule has 3 heteroatoms. The Morgan fingerprint density at radius 1 is 1.50 bits per heavy atom. The summed E-state index contributed by atoms with van der Waals surface area (Å²) in [7, 11) is 0. The van der Waals surface area contributed by atoms with E-state index in [2.05, 4.69) is 0 Å². The van der Waals surface area contributed by atoms with Crippen LogP contribution in [0.1, 0.15) is 33.1 Å². The van der Waals surface area contributed by atoms with E-state index in [1.165, 1.54) is 0 Å². The van der Waals surface area contributed by atoms with Crippen molar-refractivity contribution in [3.8, 4) is 0 Å². The van der Waals surface area contributed by atoms with Crippen LogP contribution in [0.25, 0.3) is 0 Å². The normalized spacial score (nSPS) is 36.1. The summed E-state index contributed by atoms with van der Waals surface area (Å²) in [6.07, 6.45) is 5.13. The van der Waals surface area contributed by atoms with E-state index in [1.807, 2.05) is 19.1 Å². The molecule has 1 fully saturated rings. The molecule has 1 rings (SSSR count). The predicted molar refractivity (Wildman–Crippen MR) is 55.0 cm³/mol. The molecular weight excluding hydrogens is 180 g/mol. The number of hydrogen-bond acceptors (Lipinski definition) is 3. The highest BCUT2D eigenvalue weighted by Crippen LogP contribution is 2.23. The van der Waals surface area contributed by atoms with Crippen molar-refractivity contribution in [3.63, 3.8) is 0 Å². The Hall–Kier alpha value is -0.380. The fourth-order valence-electron chi connectivity index (χ4n) is 1.90. The predicted octanol–water partition coefficient (Wildman–Crippen LogP) is 1.24. The lowest BCUT2D eigenvalue weighted by Gasteiger charge is -2.32. The Balaban J connectivity index is 2.45. The molecule has 0 aliphatic carbocycles. The van der Waals surface area contributed by atoms with Crippen molar-refractivity contribution in [3.05, 3.63) is 12.2 Å². The Morgan fingerprint density at radius 2 is 2.21 bits per heavy atom. The first-order valence-corrected chi connectivity index (χ1v) is 5.26. The van der Waals surface area contributed by atoms with Crippen molar-refractivity contribution in [2.24, 2.45) is 0 Å². The van der Waals surface area contributed by atoms with E-state index in [-0.39, 0.29) is 24.4 Å². The molecule has 0 aromatic rings. The van der Waals surface area contributed by atoms with Crippen LogP contribution in [0.2, 0.25) is 0 Å². The standard InChI is InChI=1S/C11H20O3/c1-3-4-10-6-9(13)7-11(14-10)5-8(2)12/h3-4,8-13H,5-7H2,1-2H3/b4-3+/t8-,9+,10-,11+/m0/s1. The van der Waals surface area contributed by atoms with Gasteiger partial charge in [-0.2, -0.15) is 0 Å². The van der Waals surface area contributed by atoms with Crippen LogP contribution in [0.4, 0.5) is 0 Å². The summed E-state index contributed by atoms with van der Waals surface area (Å²) in [5, 5.41) is 18.8. The van der Waals surface area contributed by atoms with E-state index >= 15 is 0 Å². The van der Waals surface area contributed by atoms with Gasteiger partial charge in [0.15, 0.2) is 0 Å². The number of aliphatic hydroxyl groups excluding tert-OH is 2. The molecule has 1 saturated heterocycles. The number of ether oxygens (including phenoxy) is 1. The molecule has 3 nitrogen and oxygen atoms in total. The first-order valence-electron chi connectivity index (χ1n) is 5.26. The molecule has 1 aliphatic heterocycles. The Morgan fingerprint density at radius 3 is 2.79 bits per heavy atom.